The number of likely N-dealkylation sites (N-methyl/N-ethyl adjacent to an activating group) is 1. The zero-order valence-electron chi connectivity index (χ0n) is 15.1. The van der Waals surface area contributed by atoms with Crippen LogP contribution in [0.1, 0.15) is 28.8 Å². The Kier molecular flexibility index (Phi) is 7.24. The van der Waals surface area contributed by atoms with Gasteiger partial charge in [0.15, 0.2) is 5.78 Å². The summed E-state index contributed by atoms with van der Waals surface area (Å²) in [5, 5.41) is 2.76. The third-order valence-corrected chi connectivity index (χ3v) is 4.49. The van der Waals surface area contributed by atoms with Crippen molar-refractivity contribution in [2.24, 2.45) is 0 Å². The van der Waals surface area contributed by atoms with Crippen molar-refractivity contribution in [2.45, 2.75) is 19.8 Å². The van der Waals surface area contributed by atoms with E-state index in [0.29, 0.717) is 11.3 Å². The van der Waals surface area contributed by atoms with Gasteiger partial charge in [0, 0.05) is 35.6 Å². The predicted octanol–water partition coefficient (Wildman–Crippen LogP) is 3.96. The lowest BCUT2D eigenvalue weighted by molar-refractivity contribution is -0.133. The molecule has 0 bridgehead atoms. The Bertz CT molecular complexity index is 853. The summed E-state index contributed by atoms with van der Waals surface area (Å²) in [6.07, 6.45) is -0.0143. The Morgan fingerprint density at radius 1 is 1.07 bits per heavy atom. The van der Waals surface area contributed by atoms with Gasteiger partial charge in [-0.3, -0.25) is 14.4 Å². The van der Waals surface area contributed by atoms with E-state index in [4.69, 9.17) is 0 Å². The van der Waals surface area contributed by atoms with Crippen LogP contribution in [-0.4, -0.2) is 36.1 Å². The Morgan fingerprint density at radius 3 is 2.37 bits per heavy atom. The molecule has 0 aliphatic rings. The van der Waals surface area contributed by atoms with E-state index in [1.807, 2.05) is 19.1 Å². The lowest BCUT2D eigenvalue weighted by atomic mass is 10.1. The fourth-order valence-electron chi connectivity index (χ4n) is 2.45. The number of ketones is 1. The topological polar surface area (TPSA) is 66.5 Å². The number of nitrogens with zero attached hydrogens (tertiary/aromatic N) is 1. The quantitative estimate of drug-likeness (QED) is 0.670. The van der Waals surface area contributed by atoms with Gasteiger partial charge in [-0.2, -0.15) is 0 Å². The number of benzene rings is 2. The molecule has 0 saturated carbocycles. The lowest BCUT2D eigenvalue weighted by Gasteiger charge is -2.17. The maximum atomic E-state index is 12.9. The Morgan fingerprint density at radius 2 is 1.74 bits per heavy atom. The molecule has 0 aliphatic carbocycles. The molecule has 0 spiro atoms. The number of Topliss-reactive ketones (excluding diaryl/α,β-unsaturated/α-hetero) is 1. The zero-order chi connectivity index (χ0) is 20.0. The summed E-state index contributed by atoms with van der Waals surface area (Å²) in [7, 11) is 1.51. The van der Waals surface area contributed by atoms with E-state index >= 15 is 0 Å². The number of carbonyl (C=O) groups is 3. The van der Waals surface area contributed by atoms with E-state index in [1.54, 1.807) is 6.07 Å². The second kappa shape index (κ2) is 9.41. The molecule has 0 fully saturated rings. The Labute approximate surface area is 165 Å². The van der Waals surface area contributed by atoms with Crippen molar-refractivity contribution in [1.82, 2.24) is 4.90 Å². The number of aryl methyl sites for hydroxylation is 1. The summed E-state index contributed by atoms with van der Waals surface area (Å²) in [6, 6.07) is 10.7. The summed E-state index contributed by atoms with van der Waals surface area (Å²) in [5.74, 6) is -1.30. The largest absolute Gasteiger partial charge is 0.336 e. The highest BCUT2D eigenvalue weighted by molar-refractivity contribution is 9.10. The van der Waals surface area contributed by atoms with Gasteiger partial charge in [0.1, 0.15) is 5.82 Å². The van der Waals surface area contributed by atoms with Gasteiger partial charge < -0.3 is 10.2 Å². The minimum atomic E-state index is -0.422. The molecule has 5 nitrogen and oxygen atoms in total. The van der Waals surface area contributed by atoms with E-state index in [-0.39, 0.29) is 37.0 Å². The molecule has 0 aromatic heterocycles. The van der Waals surface area contributed by atoms with Crippen LogP contribution in [0.3, 0.4) is 0 Å². The van der Waals surface area contributed by atoms with Gasteiger partial charge >= 0.3 is 0 Å². The molecule has 142 valence electrons. The fraction of sp³-hybridized carbons (Fsp3) is 0.250. The smallest absolute Gasteiger partial charge is 0.243 e. The third kappa shape index (κ3) is 6.29. The van der Waals surface area contributed by atoms with E-state index in [1.165, 1.54) is 36.2 Å². The summed E-state index contributed by atoms with van der Waals surface area (Å²) < 4.78 is 13.8. The van der Waals surface area contributed by atoms with E-state index in [0.717, 1.165) is 10.0 Å². The second-order valence-electron chi connectivity index (χ2n) is 6.19. The summed E-state index contributed by atoms with van der Waals surface area (Å²) in [6.45, 7) is 1.76. The summed E-state index contributed by atoms with van der Waals surface area (Å²) >= 11 is 3.36. The number of amides is 2. The van der Waals surface area contributed by atoms with Gasteiger partial charge in [0.2, 0.25) is 11.8 Å². The van der Waals surface area contributed by atoms with Crippen LogP contribution in [0.5, 0.6) is 0 Å². The molecular formula is C20H20BrFN2O3. The molecule has 2 rings (SSSR count). The van der Waals surface area contributed by atoms with Crippen LogP contribution < -0.4 is 5.32 Å². The molecule has 2 aromatic rings. The lowest BCUT2D eigenvalue weighted by Crippen LogP contribution is -2.35. The van der Waals surface area contributed by atoms with Crippen molar-refractivity contribution in [3.05, 3.63) is 63.9 Å². The highest BCUT2D eigenvalue weighted by Gasteiger charge is 2.16. The van der Waals surface area contributed by atoms with Crippen LogP contribution in [0, 0.1) is 12.7 Å². The van der Waals surface area contributed by atoms with Crippen molar-refractivity contribution in [2.75, 3.05) is 18.9 Å². The fourth-order valence-corrected chi connectivity index (χ4v) is 2.93. The van der Waals surface area contributed by atoms with E-state index in [2.05, 4.69) is 21.2 Å². The highest BCUT2D eigenvalue weighted by atomic mass is 79.9. The molecule has 0 unspecified atom stereocenters. The van der Waals surface area contributed by atoms with Crippen molar-refractivity contribution in [3.8, 4) is 0 Å². The molecule has 7 heteroatoms. The van der Waals surface area contributed by atoms with Crippen molar-refractivity contribution in [3.63, 3.8) is 0 Å². The number of hydrogen-bond donors (Lipinski definition) is 1. The first-order chi connectivity index (χ1) is 12.8. The second-order valence-corrected chi connectivity index (χ2v) is 7.10. The first-order valence-corrected chi connectivity index (χ1v) is 9.14. The van der Waals surface area contributed by atoms with Crippen molar-refractivity contribution >= 4 is 39.2 Å². The first kappa shape index (κ1) is 20.8. The first-order valence-electron chi connectivity index (χ1n) is 8.35. The van der Waals surface area contributed by atoms with Gasteiger partial charge in [-0.05, 0) is 55.0 Å². The highest BCUT2D eigenvalue weighted by Crippen LogP contribution is 2.20. The average molecular weight is 435 g/mol. The molecule has 0 radical (unpaired) electrons. The Hall–Kier alpha value is -2.54. The molecule has 27 heavy (non-hydrogen) atoms. The SMILES string of the molecule is Cc1cc(Br)ccc1NC(=O)CN(C)C(=O)CCC(=O)c1ccc(F)cc1. The maximum Gasteiger partial charge on any atom is 0.243 e. The third-order valence-electron chi connectivity index (χ3n) is 4.00. The van der Waals surface area contributed by atoms with E-state index < -0.39 is 5.82 Å². The standard InChI is InChI=1S/C20H20BrFN2O3/c1-13-11-15(21)5-8-17(13)23-19(26)12-24(2)20(27)10-9-18(25)14-3-6-16(22)7-4-14/h3-8,11H,9-10,12H2,1-2H3,(H,23,26). The number of halogens is 2. The van der Waals surface area contributed by atoms with Gasteiger partial charge in [-0.25, -0.2) is 4.39 Å². The van der Waals surface area contributed by atoms with Crippen LogP contribution in [0.15, 0.2) is 46.9 Å². The number of carbonyl (C=O) groups excluding carboxylic acids is 3. The predicted molar refractivity (Wildman–Crippen MR) is 105 cm³/mol. The minimum absolute atomic E-state index is 0.00223. The Balaban J connectivity index is 1.83. The molecular weight excluding hydrogens is 415 g/mol. The van der Waals surface area contributed by atoms with E-state index in [9.17, 15) is 18.8 Å². The zero-order valence-corrected chi connectivity index (χ0v) is 16.7. The van der Waals surface area contributed by atoms with Crippen LogP contribution in [0.25, 0.3) is 0 Å². The molecule has 0 saturated heterocycles. The number of nitrogens with one attached hydrogen (secondary N) is 1. The van der Waals surface area contributed by atoms with Gasteiger partial charge in [-0.15, -0.1) is 0 Å². The van der Waals surface area contributed by atoms with Gasteiger partial charge in [0.25, 0.3) is 0 Å². The van der Waals surface area contributed by atoms with Gasteiger partial charge in [0.05, 0.1) is 6.54 Å². The molecule has 0 heterocycles. The number of hydrogen-bond acceptors (Lipinski definition) is 3. The molecule has 1 N–H and O–H groups in total. The summed E-state index contributed by atoms with van der Waals surface area (Å²) in [4.78, 5) is 37.6. The molecule has 0 atom stereocenters. The molecule has 0 aliphatic heterocycles. The molecule has 2 aromatic carbocycles. The normalized spacial score (nSPS) is 10.4. The van der Waals surface area contributed by atoms with Crippen LogP contribution in [0.4, 0.5) is 10.1 Å². The number of rotatable bonds is 7. The van der Waals surface area contributed by atoms with Gasteiger partial charge in [-0.1, -0.05) is 15.9 Å². The van der Waals surface area contributed by atoms with Crippen molar-refractivity contribution in [1.29, 1.82) is 0 Å². The average Bonchev–Trinajstić information content (AvgIpc) is 2.62. The van der Waals surface area contributed by atoms with Crippen molar-refractivity contribution < 1.29 is 18.8 Å². The minimum Gasteiger partial charge on any atom is -0.336 e. The van der Waals surface area contributed by atoms with Crippen LogP contribution >= 0.6 is 15.9 Å². The van der Waals surface area contributed by atoms with Crippen LogP contribution in [-0.2, 0) is 9.59 Å². The summed E-state index contributed by atoms with van der Waals surface area (Å²) in [5.41, 5.74) is 1.93. The van der Waals surface area contributed by atoms with Crippen LogP contribution in [0.2, 0.25) is 0 Å². The number of anilines is 1. The molecule has 2 amide bonds. The maximum absolute atomic E-state index is 12.9. The monoisotopic (exact) mass is 434 g/mol.